The van der Waals surface area contributed by atoms with Gasteiger partial charge in [0.1, 0.15) is 0 Å². The van der Waals surface area contributed by atoms with Gasteiger partial charge in [0.05, 0.1) is 12.0 Å². The van der Waals surface area contributed by atoms with E-state index in [0.717, 1.165) is 11.3 Å². The molecule has 0 spiro atoms. The number of aliphatic carboxylic acids is 1. The van der Waals surface area contributed by atoms with Crippen molar-refractivity contribution < 1.29 is 19.8 Å². The number of anilines is 1. The van der Waals surface area contributed by atoms with Crippen LogP contribution in [0.2, 0.25) is 0 Å². The Labute approximate surface area is 116 Å². The lowest BCUT2D eigenvalue weighted by atomic mass is 9.90. The third-order valence-electron chi connectivity index (χ3n) is 3.45. The van der Waals surface area contributed by atoms with Crippen molar-refractivity contribution in [2.45, 2.75) is 31.4 Å². The monoisotopic (exact) mass is 278 g/mol. The fourth-order valence-electron chi connectivity index (χ4n) is 2.38. The summed E-state index contributed by atoms with van der Waals surface area (Å²) in [6.45, 7) is 2.00. The number of para-hydroxylation sites is 1. The summed E-state index contributed by atoms with van der Waals surface area (Å²) < 4.78 is 0. The number of hydrogen-bond acceptors (Lipinski definition) is 4. The first kappa shape index (κ1) is 14.3. The van der Waals surface area contributed by atoms with Gasteiger partial charge in [-0.25, -0.2) is 4.79 Å². The molecule has 0 aliphatic carbocycles. The van der Waals surface area contributed by atoms with Crippen LogP contribution in [0, 0.1) is 0 Å². The Morgan fingerprint density at radius 2 is 2.10 bits per heavy atom. The van der Waals surface area contributed by atoms with Crippen molar-refractivity contribution in [3.63, 3.8) is 0 Å². The van der Waals surface area contributed by atoms with E-state index in [0.29, 0.717) is 13.0 Å². The zero-order valence-electron chi connectivity index (χ0n) is 11.2. The summed E-state index contributed by atoms with van der Waals surface area (Å²) >= 11 is 0. The van der Waals surface area contributed by atoms with Gasteiger partial charge in [-0.3, -0.25) is 4.79 Å². The van der Waals surface area contributed by atoms with Crippen LogP contribution in [0.4, 0.5) is 5.69 Å². The minimum Gasteiger partial charge on any atom is -0.480 e. The summed E-state index contributed by atoms with van der Waals surface area (Å²) in [6, 6.07) is 6.17. The molecule has 4 N–H and O–H groups in total. The number of carboxylic acid groups (broad SMARTS) is 1. The molecule has 1 heterocycles. The summed E-state index contributed by atoms with van der Waals surface area (Å²) in [5.41, 5.74) is 1.74. The van der Waals surface area contributed by atoms with Crippen LogP contribution in [0.15, 0.2) is 24.3 Å². The van der Waals surface area contributed by atoms with E-state index in [1.165, 1.54) is 6.92 Å². The number of hydrogen-bond donors (Lipinski definition) is 4. The van der Waals surface area contributed by atoms with Gasteiger partial charge < -0.3 is 20.8 Å². The van der Waals surface area contributed by atoms with Crippen molar-refractivity contribution in [3.8, 4) is 0 Å². The Bertz CT molecular complexity index is 516. The Kier molecular flexibility index (Phi) is 4.24. The second-order valence-electron chi connectivity index (χ2n) is 4.92. The number of carbonyl (C=O) groups is 2. The van der Waals surface area contributed by atoms with Gasteiger partial charge in [0.2, 0.25) is 5.91 Å². The number of carboxylic acids is 1. The molecule has 0 aromatic heterocycles. The first-order valence-electron chi connectivity index (χ1n) is 6.54. The van der Waals surface area contributed by atoms with E-state index in [9.17, 15) is 14.7 Å². The molecule has 0 bridgehead atoms. The summed E-state index contributed by atoms with van der Waals surface area (Å²) in [4.78, 5) is 23.3. The number of rotatable bonds is 4. The minimum absolute atomic E-state index is 0.368. The highest BCUT2D eigenvalue weighted by atomic mass is 16.4. The summed E-state index contributed by atoms with van der Waals surface area (Å²) in [6.07, 6.45) is -0.553. The Balaban J connectivity index is 2.16. The lowest BCUT2D eigenvalue weighted by molar-refractivity contribution is -0.145. The number of fused-ring (bicyclic) bond motifs is 1. The Morgan fingerprint density at radius 1 is 1.40 bits per heavy atom. The fourth-order valence-corrected chi connectivity index (χ4v) is 2.38. The maximum atomic E-state index is 12.3. The van der Waals surface area contributed by atoms with E-state index in [1.807, 2.05) is 24.3 Å². The second-order valence-corrected chi connectivity index (χ2v) is 4.92. The molecule has 108 valence electrons. The third kappa shape index (κ3) is 2.91. The van der Waals surface area contributed by atoms with E-state index in [2.05, 4.69) is 10.6 Å². The number of carbonyl (C=O) groups excluding carboxylic acids is 1. The van der Waals surface area contributed by atoms with Gasteiger partial charge >= 0.3 is 5.97 Å². The van der Waals surface area contributed by atoms with E-state index in [1.54, 1.807) is 0 Å². The lowest BCUT2D eigenvalue weighted by Gasteiger charge is -2.27. The molecule has 6 heteroatoms. The van der Waals surface area contributed by atoms with Crippen LogP contribution in [0.1, 0.15) is 24.8 Å². The number of aliphatic hydroxyl groups is 1. The maximum absolute atomic E-state index is 12.3. The van der Waals surface area contributed by atoms with Gasteiger partial charge in [-0.05, 0) is 25.0 Å². The number of nitrogens with one attached hydrogen (secondary N) is 2. The third-order valence-corrected chi connectivity index (χ3v) is 3.45. The van der Waals surface area contributed by atoms with Gasteiger partial charge in [0.15, 0.2) is 6.04 Å². The van der Waals surface area contributed by atoms with Gasteiger partial charge in [-0.15, -0.1) is 0 Å². The summed E-state index contributed by atoms with van der Waals surface area (Å²) in [5, 5.41) is 24.0. The molecule has 1 amide bonds. The Hall–Kier alpha value is -2.08. The first-order chi connectivity index (χ1) is 9.50. The second kappa shape index (κ2) is 5.92. The molecule has 1 aromatic carbocycles. The molecule has 0 saturated carbocycles. The maximum Gasteiger partial charge on any atom is 0.328 e. The zero-order valence-corrected chi connectivity index (χ0v) is 11.2. The van der Waals surface area contributed by atoms with Crippen molar-refractivity contribution in [2.24, 2.45) is 0 Å². The molecule has 1 aliphatic rings. The molecule has 20 heavy (non-hydrogen) atoms. The van der Waals surface area contributed by atoms with Gasteiger partial charge in [0, 0.05) is 12.2 Å². The highest BCUT2D eigenvalue weighted by molar-refractivity contribution is 5.90. The van der Waals surface area contributed by atoms with Crippen LogP contribution in [0.5, 0.6) is 0 Å². The van der Waals surface area contributed by atoms with Crippen molar-refractivity contribution in [1.29, 1.82) is 0 Å². The van der Waals surface area contributed by atoms with E-state index in [-0.39, 0.29) is 5.91 Å². The average molecular weight is 278 g/mol. The molecule has 3 atom stereocenters. The van der Waals surface area contributed by atoms with Crippen molar-refractivity contribution in [1.82, 2.24) is 5.32 Å². The molecule has 1 aromatic rings. The van der Waals surface area contributed by atoms with Crippen LogP contribution in [-0.2, 0) is 9.59 Å². The van der Waals surface area contributed by atoms with E-state index >= 15 is 0 Å². The zero-order chi connectivity index (χ0) is 14.7. The smallest absolute Gasteiger partial charge is 0.328 e. The summed E-state index contributed by atoms with van der Waals surface area (Å²) in [7, 11) is 0. The predicted octanol–water partition coefficient (Wildman–Crippen LogP) is 0.536. The highest BCUT2D eigenvalue weighted by Gasteiger charge is 2.31. The molecule has 1 aliphatic heterocycles. The van der Waals surface area contributed by atoms with Crippen LogP contribution in [-0.4, -0.2) is 40.8 Å². The average Bonchev–Trinajstić information content (AvgIpc) is 2.43. The van der Waals surface area contributed by atoms with E-state index in [4.69, 9.17) is 5.11 Å². The van der Waals surface area contributed by atoms with Crippen LogP contribution < -0.4 is 10.6 Å². The number of amides is 1. The molecule has 0 saturated heterocycles. The fraction of sp³-hybridized carbons (Fsp3) is 0.429. The van der Waals surface area contributed by atoms with Crippen LogP contribution >= 0.6 is 0 Å². The molecule has 6 nitrogen and oxygen atoms in total. The SMILES string of the molecule is CC(O)C(NC(=O)C1CCNc2ccccc21)C(=O)O. The Morgan fingerprint density at radius 3 is 2.75 bits per heavy atom. The molecule has 0 radical (unpaired) electrons. The lowest BCUT2D eigenvalue weighted by Crippen LogP contribution is -2.49. The molecule has 0 fully saturated rings. The number of aliphatic hydroxyl groups excluding tert-OH is 1. The highest BCUT2D eigenvalue weighted by Crippen LogP contribution is 2.31. The standard InChI is InChI=1S/C14H18N2O4/c1-8(17)12(14(19)20)16-13(18)10-6-7-15-11-5-3-2-4-9(10)11/h2-5,8,10,12,15,17H,6-7H2,1H3,(H,16,18)(H,19,20). The van der Waals surface area contributed by atoms with Gasteiger partial charge in [-0.1, -0.05) is 18.2 Å². The first-order valence-corrected chi connectivity index (χ1v) is 6.54. The molecular weight excluding hydrogens is 260 g/mol. The predicted molar refractivity (Wildman–Crippen MR) is 73.5 cm³/mol. The van der Waals surface area contributed by atoms with Crippen molar-refractivity contribution in [2.75, 3.05) is 11.9 Å². The minimum atomic E-state index is -1.29. The van der Waals surface area contributed by atoms with Gasteiger partial charge in [0.25, 0.3) is 0 Å². The topological polar surface area (TPSA) is 98.7 Å². The van der Waals surface area contributed by atoms with E-state index < -0.39 is 24.0 Å². The van der Waals surface area contributed by atoms with Crippen LogP contribution in [0.3, 0.4) is 0 Å². The molecular formula is C14H18N2O4. The van der Waals surface area contributed by atoms with Crippen LogP contribution in [0.25, 0.3) is 0 Å². The van der Waals surface area contributed by atoms with Crippen molar-refractivity contribution in [3.05, 3.63) is 29.8 Å². The number of benzene rings is 1. The molecule has 2 rings (SSSR count). The van der Waals surface area contributed by atoms with Gasteiger partial charge in [-0.2, -0.15) is 0 Å². The van der Waals surface area contributed by atoms with Crippen molar-refractivity contribution >= 4 is 17.6 Å². The quantitative estimate of drug-likeness (QED) is 0.644. The summed E-state index contributed by atoms with van der Waals surface area (Å²) in [5.74, 6) is -2.00. The normalized spacial score (nSPS) is 20.2. The largest absolute Gasteiger partial charge is 0.480 e. The molecule has 3 unspecified atom stereocenters.